The van der Waals surface area contributed by atoms with Crippen LogP contribution >= 0.6 is 23.8 Å². The smallest absolute Gasteiger partial charge is 0.338 e. The molecule has 9 heteroatoms. The van der Waals surface area contributed by atoms with E-state index in [0.29, 0.717) is 50.7 Å². The molecule has 32 heavy (non-hydrogen) atoms. The minimum Gasteiger partial charge on any atom is -0.463 e. The molecule has 0 saturated heterocycles. The topological polar surface area (TPSA) is 82.5 Å². The summed E-state index contributed by atoms with van der Waals surface area (Å²) in [6.07, 6.45) is 0. The van der Waals surface area contributed by atoms with Gasteiger partial charge < -0.3 is 14.8 Å². The van der Waals surface area contributed by atoms with Crippen LogP contribution in [0.5, 0.6) is 0 Å². The van der Waals surface area contributed by atoms with Gasteiger partial charge in [-0.2, -0.15) is 0 Å². The molecule has 0 aliphatic carbocycles. The van der Waals surface area contributed by atoms with Gasteiger partial charge in [0.1, 0.15) is 6.61 Å². The van der Waals surface area contributed by atoms with Crippen molar-refractivity contribution in [2.45, 2.75) is 34.3 Å². The van der Waals surface area contributed by atoms with E-state index in [0.717, 1.165) is 0 Å². The Morgan fingerprint density at radius 3 is 2.59 bits per heavy atom. The number of para-hydroxylation sites is 1. The largest absolute Gasteiger partial charge is 0.463 e. The Labute approximate surface area is 196 Å². The second kappa shape index (κ2) is 10.1. The Balaban J connectivity index is 2.31. The lowest BCUT2D eigenvalue weighted by molar-refractivity contribution is 0.0525. The van der Waals surface area contributed by atoms with Crippen molar-refractivity contribution < 1.29 is 14.3 Å². The van der Waals surface area contributed by atoms with Gasteiger partial charge in [-0.3, -0.25) is 9.36 Å². The Kier molecular flexibility index (Phi) is 7.48. The zero-order valence-corrected chi connectivity index (χ0v) is 19.9. The van der Waals surface area contributed by atoms with E-state index in [-0.39, 0.29) is 23.9 Å². The van der Waals surface area contributed by atoms with E-state index in [4.69, 9.17) is 38.3 Å². The summed E-state index contributed by atoms with van der Waals surface area (Å²) in [5.41, 5.74) is 2.09. The fourth-order valence-corrected chi connectivity index (χ4v) is 3.98. The SMILES string of the molecule is CCNC(=S)OCc1nc2cc(C)c(C(=O)OCC)c(C)c2c(=O)n1-c1ccccc1Cl. The van der Waals surface area contributed by atoms with Crippen LogP contribution < -0.4 is 10.9 Å². The number of aromatic nitrogens is 2. The molecule has 0 fully saturated rings. The highest BCUT2D eigenvalue weighted by Gasteiger charge is 2.22. The van der Waals surface area contributed by atoms with Crippen molar-refractivity contribution in [3.8, 4) is 5.69 Å². The second-order valence-electron chi connectivity index (χ2n) is 7.03. The average Bonchev–Trinajstić information content (AvgIpc) is 2.73. The van der Waals surface area contributed by atoms with E-state index in [2.05, 4.69) is 5.32 Å². The summed E-state index contributed by atoms with van der Waals surface area (Å²) in [6.45, 7) is 7.95. The fourth-order valence-electron chi connectivity index (χ4n) is 3.56. The minimum absolute atomic E-state index is 0.0417. The van der Waals surface area contributed by atoms with Crippen LogP contribution in [0.3, 0.4) is 0 Å². The Morgan fingerprint density at radius 2 is 1.94 bits per heavy atom. The third kappa shape index (κ3) is 4.61. The van der Waals surface area contributed by atoms with Crippen molar-refractivity contribution in [2.24, 2.45) is 0 Å². The normalized spacial score (nSPS) is 10.8. The lowest BCUT2D eigenvalue weighted by Crippen LogP contribution is -2.28. The lowest BCUT2D eigenvalue weighted by atomic mass is 9.98. The summed E-state index contributed by atoms with van der Waals surface area (Å²) in [5, 5.41) is 3.80. The number of aryl methyl sites for hydroxylation is 2. The quantitative estimate of drug-likeness (QED) is 0.423. The monoisotopic (exact) mass is 473 g/mol. The van der Waals surface area contributed by atoms with Gasteiger partial charge in [0.15, 0.2) is 5.82 Å². The molecule has 2 aromatic carbocycles. The van der Waals surface area contributed by atoms with Gasteiger partial charge in [-0.25, -0.2) is 9.78 Å². The van der Waals surface area contributed by atoms with Gasteiger partial charge in [0.05, 0.1) is 33.8 Å². The number of halogens is 1. The van der Waals surface area contributed by atoms with Gasteiger partial charge in [-0.05, 0) is 69.2 Å². The zero-order valence-electron chi connectivity index (χ0n) is 18.3. The predicted molar refractivity (Wildman–Crippen MR) is 129 cm³/mol. The van der Waals surface area contributed by atoms with Gasteiger partial charge in [0.25, 0.3) is 10.7 Å². The summed E-state index contributed by atoms with van der Waals surface area (Å²) in [4.78, 5) is 31.0. The summed E-state index contributed by atoms with van der Waals surface area (Å²) in [5.74, 6) is -0.143. The molecular formula is C23H24ClN3O4S. The van der Waals surface area contributed by atoms with Crippen molar-refractivity contribution in [3.05, 3.63) is 68.2 Å². The number of hydrogen-bond acceptors (Lipinski definition) is 6. The maximum absolute atomic E-state index is 13.7. The standard InChI is InChI=1S/C23H24ClN3O4S/c1-5-25-23(32)31-12-18-26-16-11-13(3)19(22(29)30-6-2)14(4)20(16)21(28)27(18)17-10-8-7-9-15(17)24/h7-11H,5-6,12H2,1-4H3,(H,25,32). The van der Waals surface area contributed by atoms with E-state index >= 15 is 0 Å². The van der Waals surface area contributed by atoms with E-state index in [9.17, 15) is 9.59 Å². The van der Waals surface area contributed by atoms with Crippen LogP contribution in [0, 0.1) is 13.8 Å². The van der Waals surface area contributed by atoms with E-state index in [1.54, 1.807) is 51.1 Å². The van der Waals surface area contributed by atoms with Gasteiger partial charge in [-0.1, -0.05) is 23.7 Å². The summed E-state index contributed by atoms with van der Waals surface area (Å²) in [7, 11) is 0. The van der Waals surface area contributed by atoms with Crippen molar-refractivity contribution in [1.82, 2.24) is 14.9 Å². The molecule has 1 heterocycles. The first kappa shape index (κ1) is 23.7. The highest BCUT2D eigenvalue weighted by atomic mass is 35.5. The summed E-state index contributed by atoms with van der Waals surface area (Å²) < 4.78 is 12.2. The fraction of sp³-hybridized carbons (Fsp3) is 0.304. The van der Waals surface area contributed by atoms with Crippen LogP contribution in [0.2, 0.25) is 5.02 Å². The van der Waals surface area contributed by atoms with E-state index < -0.39 is 5.97 Å². The van der Waals surface area contributed by atoms with Gasteiger partial charge >= 0.3 is 5.97 Å². The molecule has 0 amide bonds. The van der Waals surface area contributed by atoms with Gasteiger partial charge in [0, 0.05) is 6.54 Å². The third-order valence-electron chi connectivity index (χ3n) is 4.90. The molecule has 3 aromatic rings. The number of carbonyl (C=O) groups is 1. The number of ether oxygens (including phenoxy) is 2. The molecule has 0 atom stereocenters. The van der Waals surface area contributed by atoms with Gasteiger partial charge in [0.2, 0.25) is 0 Å². The lowest BCUT2D eigenvalue weighted by Gasteiger charge is -2.18. The molecule has 0 spiro atoms. The predicted octanol–water partition coefficient (Wildman–Crippen LogP) is 4.24. The van der Waals surface area contributed by atoms with Crippen molar-refractivity contribution in [2.75, 3.05) is 13.2 Å². The number of rotatable bonds is 6. The second-order valence-corrected chi connectivity index (χ2v) is 7.81. The van der Waals surface area contributed by atoms with Crippen LogP contribution in [0.15, 0.2) is 35.1 Å². The van der Waals surface area contributed by atoms with E-state index in [1.807, 2.05) is 6.92 Å². The number of fused-ring (bicyclic) bond motifs is 1. The molecule has 0 unspecified atom stereocenters. The average molecular weight is 474 g/mol. The molecule has 0 aliphatic heterocycles. The summed E-state index contributed by atoms with van der Waals surface area (Å²) >= 11 is 11.6. The maximum atomic E-state index is 13.7. The number of hydrogen-bond donors (Lipinski definition) is 1. The highest BCUT2D eigenvalue weighted by Crippen LogP contribution is 2.26. The molecule has 0 radical (unpaired) electrons. The number of thiocarbonyl (C=S) groups is 1. The highest BCUT2D eigenvalue weighted by molar-refractivity contribution is 7.80. The Bertz CT molecular complexity index is 1260. The minimum atomic E-state index is -0.475. The van der Waals surface area contributed by atoms with Crippen LogP contribution in [-0.2, 0) is 16.1 Å². The number of carbonyl (C=O) groups excluding carboxylic acids is 1. The molecule has 0 aliphatic rings. The van der Waals surface area contributed by atoms with Crippen molar-refractivity contribution >= 4 is 45.9 Å². The molecule has 7 nitrogen and oxygen atoms in total. The molecule has 1 aromatic heterocycles. The van der Waals surface area contributed by atoms with Crippen molar-refractivity contribution in [3.63, 3.8) is 0 Å². The molecule has 1 N–H and O–H groups in total. The number of nitrogens with zero attached hydrogens (tertiary/aromatic N) is 2. The third-order valence-corrected chi connectivity index (χ3v) is 5.49. The number of esters is 1. The first-order valence-corrected chi connectivity index (χ1v) is 11.0. The Hall–Kier alpha value is -2.97. The summed E-state index contributed by atoms with van der Waals surface area (Å²) in [6, 6.07) is 8.67. The van der Waals surface area contributed by atoms with Crippen molar-refractivity contribution in [1.29, 1.82) is 0 Å². The zero-order chi connectivity index (χ0) is 23.4. The van der Waals surface area contributed by atoms with E-state index in [1.165, 1.54) is 4.57 Å². The molecule has 0 saturated carbocycles. The first-order chi connectivity index (χ1) is 15.3. The van der Waals surface area contributed by atoms with Crippen LogP contribution in [0.4, 0.5) is 0 Å². The molecule has 168 valence electrons. The Morgan fingerprint density at radius 1 is 1.22 bits per heavy atom. The number of nitrogens with one attached hydrogen (secondary N) is 1. The van der Waals surface area contributed by atoms with Crippen LogP contribution in [0.1, 0.15) is 41.2 Å². The maximum Gasteiger partial charge on any atom is 0.338 e. The molecule has 3 rings (SSSR count). The van der Waals surface area contributed by atoms with Gasteiger partial charge in [-0.15, -0.1) is 0 Å². The molecule has 0 bridgehead atoms. The van der Waals surface area contributed by atoms with Crippen LogP contribution in [0.25, 0.3) is 16.6 Å². The van der Waals surface area contributed by atoms with Crippen LogP contribution in [-0.4, -0.2) is 33.8 Å². The molecular weight excluding hydrogens is 450 g/mol. The first-order valence-electron chi connectivity index (χ1n) is 10.2. The number of benzene rings is 2.